The molecule has 0 aliphatic heterocycles. The van der Waals surface area contributed by atoms with Crippen molar-refractivity contribution in [3.05, 3.63) is 38.7 Å². The molecule has 0 aliphatic carbocycles. The zero-order valence-corrected chi connectivity index (χ0v) is 12.3. The number of halogens is 1. The third-order valence-electron chi connectivity index (χ3n) is 2.16. The van der Waals surface area contributed by atoms with Crippen molar-refractivity contribution in [1.29, 1.82) is 0 Å². The van der Waals surface area contributed by atoms with Gasteiger partial charge < -0.3 is 4.42 Å². The van der Waals surface area contributed by atoms with Crippen molar-refractivity contribution in [2.75, 3.05) is 4.72 Å². The highest BCUT2D eigenvalue weighted by Gasteiger charge is 2.27. The van der Waals surface area contributed by atoms with Gasteiger partial charge in [-0.25, -0.2) is 13.1 Å². The first kappa shape index (κ1) is 14.4. The average molecular weight is 363 g/mol. The first-order valence-electron chi connectivity index (χ1n) is 5.06. The fraction of sp³-hybridized carbons (Fsp3) is 0.111. The van der Waals surface area contributed by atoms with E-state index in [0.717, 1.165) is 12.1 Å². The van der Waals surface area contributed by atoms with E-state index in [-0.39, 0.29) is 11.9 Å². The number of hydrogen-bond donors (Lipinski definition) is 1. The van der Waals surface area contributed by atoms with Crippen LogP contribution in [0.1, 0.15) is 5.89 Å². The number of nitro benzene ring substituents is 1. The molecule has 9 nitrogen and oxygen atoms in total. The Balaban J connectivity index is 2.48. The lowest BCUT2D eigenvalue weighted by Crippen LogP contribution is -2.15. The molecule has 0 fully saturated rings. The molecule has 11 heteroatoms. The standard InChI is InChI=1S/C9H7BrN4O5S/c1-5-11-12-9(19-5)13-20(17,18)8-4-6(10)2-3-7(8)14(15)16/h2-4H,1H3,(H,12,13). The molecule has 106 valence electrons. The third-order valence-corrected chi connectivity index (χ3v) is 4.00. The highest BCUT2D eigenvalue weighted by molar-refractivity contribution is 9.10. The van der Waals surface area contributed by atoms with Crippen LogP contribution in [-0.4, -0.2) is 23.5 Å². The molecule has 0 atom stereocenters. The normalized spacial score (nSPS) is 11.3. The van der Waals surface area contributed by atoms with Gasteiger partial charge >= 0.3 is 6.01 Å². The number of aromatic nitrogens is 2. The van der Waals surface area contributed by atoms with E-state index >= 15 is 0 Å². The molecule has 0 spiro atoms. The van der Waals surface area contributed by atoms with Crippen molar-refractivity contribution in [2.24, 2.45) is 0 Å². The second kappa shape index (κ2) is 5.17. The number of anilines is 1. The lowest BCUT2D eigenvalue weighted by molar-refractivity contribution is -0.387. The molecule has 2 aromatic rings. The molecule has 0 radical (unpaired) electrons. The number of benzene rings is 1. The minimum absolute atomic E-state index is 0.159. The van der Waals surface area contributed by atoms with E-state index in [0.29, 0.717) is 4.47 Å². The van der Waals surface area contributed by atoms with Crippen LogP contribution in [0.15, 0.2) is 32.0 Å². The molecule has 1 aromatic carbocycles. The van der Waals surface area contributed by atoms with Gasteiger partial charge in [0, 0.05) is 17.5 Å². The Morgan fingerprint density at radius 3 is 2.65 bits per heavy atom. The summed E-state index contributed by atoms with van der Waals surface area (Å²) in [5.74, 6) is 0.159. The lowest BCUT2D eigenvalue weighted by atomic mass is 10.3. The van der Waals surface area contributed by atoms with E-state index in [9.17, 15) is 18.5 Å². The largest absolute Gasteiger partial charge is 0.408 e. The minimum Gasteiger partial charge on any atom is -0.408 e. The van der Waals surface area contributed by atoms with Crippen LogP contribution in [0.4, 0.5) is 11.7 Å². The number of sulfonamides is 1. The van der Waals surface area contributed by atoms with E-state index in [1.165, 1.54) is 13.0 Å². The first-order valence-corrected chi connectivity index (χ1v) is 7.34. The molecule has 0 saturated carbocycles. The van der Waals surface area contributed by atoms with Gasteiger partial charge in [-0.2, -0.15) is 0 Å². The van der Waals surface area contributed by atoms with Gasteiger partial charge in [0.25, 0.3) is 15.7 Å². The zero-order chi connectivity index (χ0) is 14.9. The van der Waals surface area contributed by atoms with Crippen LogP contribution in [0.5, 0.6) is 0 Å². The van der Waals surface area contributed by atoms with Crippen LogP contribution in [0, 0.1) is 17.0 Å². The van der Waals surface area contributed by atoms with Crippen molar-refractivity contribution in [1.82, 2.24) is 10.2 Å². The molecule has 0 amide bonds. The summed E-state index contributed by atoms with van der Waals surface area (Å²) >= 11 is 3.06. The maximum atomic E-state index is 12.1. The Labute approximate surface area is 121 Å². The Kier molecular flexibility index (Phi) is 3.72. The Hall–Kier alpha value is -2.01. The van der Waals surface area contributed by atoms with Crippen LogP contribution < -0.4 is 4.72 Å². The quantitative estimate of drug-likeness (QED) is 0.648. The summed E-state index contributed by atoms with van der Waals surface area (Å²) in [6.45, 7) is 1.48. The van der Waals surface area contributed by atoms with Crippen molar-refractivity contribution in [3.8, 4) is 0 Å². The van der Waals surface area contributed by atoms with E-state index in [1.54, 1.807) is 0 Å². The van der Waals surface area contributed by atoms with Crippen molar-refractivity contribution >= 4 is 37.7 Å². The molecule has 1 aromatic heterocycles. The SMILES string of the molecule is Cc1nnc(NS(=O)(=O)c2cc(Br)ccc2[N+](=O)[O-])o1. The van der Waals surface area contributed by atoms with Crippen molar-refractivity contribution in [2.45, 2.75) is 11.8 Å². The van der Waals surface area contributed by atoms with Gasteiger partial charge in [0.05, 0.1) is 4.92 Å². The lowest BCUT2D eigenvalue weighted by Gasteiger charge is -2.05. The molecule has 20 heavy (non-hydrogen) atoms. The Bertz CT molecular complexity index is 772. The average Bonchev–Trinajstić information content (AvgIpc) is 2.73. The van der Waals surface area contributed by atoms with Gasteiger partial charge in [0.2, 0.25) is 5.89 Å². The number of rotatable bonds is 4. The summed E-state index contributed by atoms with van der Waals surface area (Å²) in [6.07, 6.45) is 0. The third kappa shape index (κ3) is 2.93. The molecule has 0 bridgehead atoms. The number of nitro groups is 1. The van der Waals surface area contributed by atoms with Gasteiger partial charge in [0.1, 0.15) is 0 Å². The predicted molar refractivity (Wildman–Crippen MR) is 70.6 cm³/mol. The number of nitrogens with one attached hydrogen (secondary N) is 1. The summed E-state index contributed by atoms with van der Waals surface area (Å²) in [4.78, 5) is 9.58. The maximum absolute atomic E-state index is 12.1. The second-order valence-corrected chi connectivity index (χ2v) is 6.17. The topological polar surface area (TPSA) is 128 Å². The molecular weight excluding hydrogens is 356 g/mol. The Morgan fingerprint density at radius 2 is 2.10 bits per heavy atom. The van der Waals surface area contributed by atoms with Gasteiger partial charge in [-0.3, -0.25) is 10.1 Å². The van der Waals surface area contributed by atoms with E-state index in [2.05, 4.69) is 26.1 Å². The number of hydrogen-bond acceptors (Lipinski definition) is 7. The molecule has 0 aliphatic rings. The molecular formula is C9H7BrN4O5S. The molecule has 0 unspecified atom stereocenters. The summed E-state index contributed by atoms with van der Waals surface area (Å²) < 4.78 is 31.5. The maximum Gasteiger partial charge on any atom is 0.329 e. The molecule has 1 heterocycles. The van der Waals surface area contributed by atoms with Crippen molar-refractivity contribution < 1.29 is 17.8 Å². The fourth-order valence-electron chi connectivity index (χ4n) is 1.36. The molecule has 0 saturated heterocycles. The summed E-state index contributed by atoms with van der Waals surface area (Å²) in [5, 5.41) is 17.8. The van der Waals surface area contributed by atoms with E-state index in [1.807, 2.05) is 4.72 Å². The van der Waals surface area contributed by atoms with Gasteiger partial charge in [0.15, 0.2) is 4.90 Å². The molecule has 1 N–H and O–H groups in total. The Morgan fingerprint density at radius 1 is 1.40 bits per heavy atom. The van der Waals surface area contributed by atoms with Gasteiger partial charge in [-0.05, 0) is 12.1 Å². The van der Waals surface area contributed by atoms with Gasteiger partial charge in [-0.15, -0.1) is 5.10 Å². The summed E-state index contributed by atoms with van der Waals surface area (Å²) in [7, 11) is -4.22. The van der Waals surface area contributed by atoms with Crippen molar-refractivity contribution in [3.63, 3.8) is 0 Å². The monoisotopic (exact) mass is 362 g/mol. The number of nitrogens with zero attached hydrogens (tertiary/aromatic N) is 3. The van der Waals surface area contributed by atoms with Crippen LogP contribution in [-0.2, 0) is 10.0 Å². The van der Waals surface area contributed by atoms with Crippen LogP contribution in [0.2, 0.25) is 0 Å². The molecule has 2 rings (SSSR count). The summed E-state index contributed by atoms with van der Waals surface area (Å²) in [6, 6.07) is 3.20. The summed E-state index contributed by atoms with van der Waals surface area (Å²) in [5.41, 5.74) is -0.558. The van der Waals surface area contributed by atoms with Crippen LogP contribution >= 0.6 is 15.9 Å². The van der Waals surface area contributed by atoms with E-state index in [4.69, 9.17) is 4.42 Å². The first-order chi connectivity index (χ1) is 9.29. The van der Waals surface area contributed by atoms with Gasteiger partial charge in [-0.1, -0.05) is 21.0 Å². The highest BCUT2D eigenvalue weighted by Crippen LogP contribution is 2.28. The zero-order valence-electron chi connectivity index (χ0n) is 9.90. The minimum atomic E-state index is -4.22. The smallest absolute Gasteiger partial charge is 0.329 e. The van der Waals surface area contributed by atoms with Crippen LogP contribution in [0.3, 0.4) is 0 Å². The highest BCUT2D eigenvalue weighted by atomic mass is 79.9. The van der Waals surface area contributed by atoms with E-state index < -0.39 is 25.5 Å². The fourth-order valence-corrected chi connectivity index (χ4v) is 3.00. The predicted octanol–water partition coefficient (Wildman–Crippen LogP) is 1.85. The number of aryl methyl sites for hydroxylation is 1. The van der Waals surface area contributed by atoms with Crippen LogP contribution in [0.25, 0.3) is 0 Å². The second-order valence-electron chi connectivity index (χ2n) is 3.60.